The number of nitrogen functional groups attached to an aromatic ring is 1. The molecule has 142 valence electrons. The van der Waals surface area contributed by atoms with Crippen molar-refractivity contribution in [2.45, 2.75) is 52.2 Å². The second kappa shape index (κ2) is 7.17. The molecule has 2 aliphatic heterocycles. The molecule has 3 rings (SSSR count). The maximum absolute atomic E-state index is 12.5. The number of hydrogen-bond donors (Lipinski definition) is 1. The number of carbonyl (C=O) groups is 2. The Kier molecular flexibility index (Phi) is 5.12. The molecule has 6 nitrogen and oxygen atoms in total. The predicted molar refractivity (Wildman–Crippen MR) is 101 cm³/mol. The highest BCUT2D eigenvalue weighted by molar-refractivity contribution is 5.99. The summed E-state index contributed by atoms with van der Waals surface area (Å²) in [5, 5.41) is 0. The Morgan fingerprint density at radius 1 is 1.27 bits per heavy atom. The highest BCUT2D eigenvalue weighted by atomic mass is 16.6. The predicted octanol–water partition coefficient (Wildman–Crippen LogP) is 3.26. The Morgan fingerprint density at radius 3 is 2.58 bits per heavy atom. The number of anilines is 1. The maximum Gasteiger partial charge on any atom is 0.410 e. The summed E-state index contributed by atoms with van der Waals surface area (Å²) in [6, 6.07) is 5.54. The first kappa shape index (κ1) is 18.5. The lowest BCUT2D eigenvalue weighted by molar-refractivity contribution is 0.0178. The average Bonchev–Trinajstić information content (AvgIpc) is 2.90. The number of rotatable bonds is 3. The molecule has 6 heteroatoms. The van der Waals surface area contributed by atoms with Crippen LogP contribution in [0.5, 0.6) is 0 Å². The molecule has 2 heterocycles. The third kappa shape index (κ3) is 4.11. The topological polar surface area (TPSA) is 75.9 Å². The van der Waals surface area contributed by atoms with E-state index in [1.165, 1.54) is 0 Å². The number of amides is 2. The van der Waals surface area contributed by atoms with E-state index >= 15 is 0 Å². The molecule has 0 spiro atoms. The van der Waals surface area contributed by atoms with E-state index in [1.54, 1.807) is 4.90 Å². The summed E-state index contributed by atoms with van der Waals surface area (Å²) in [7, 11) is 0. The van der Waals surface area contributed by atoms with Crippen molar-refractivity contribution in [1.29, 1.82) is 0 Å². The highest BCUT2D eigenvalue weighted by Gasteiger charge is 2.30. The molecule has 1 fully saturated rings. The Hall–Kier alpha value is -2.24. The van der Waals surface area contributed by atoms with E-state index in [2.05, 4.69) is 0 Å². The summed E-state index contributed by atoms with van der Waals surface area (Å²) in [5.74, 6) is 0.612. The summed E-state index contributed by atoms with van der Waals surface area (Å²) < 4.78 is 5.44. The van der Waals surface area contributed by atoms with Crippen molar-refractivity contribution in [1.82, 2.24) is 9.80 Å². The van der Waals surface area contributed by atoms with Gasteiger partial charge in [-0.1, -0.05) is 6.07 Å². The van der Waals surface area contributed by atoms with E-state index in [0.717, 1.165) is 50.0 Å². The van der Waals surface area contributed by atoms with Gasteiger partial charge in [-0.05, 0) is 58.1 Å². The van der Waals surface area contributed by atoms with Crippen molar-refractivity contribution in [2.75, 3.05) is 25.4 Å². The van der Waals surface area contributed by atoms with Gasteiger partial charge >= 0.3 is 6.09 Å². The fourth-order valence-electron chi connectivity index (χ4n) is 3.66. The molecule has 2 amide bonds. The number of hydrogen-bond acceptors (Lipinski definition) is 4. The normalized spacial score (nSPS) is 18.2. The molecule has 0 saturated carbocycles. The first-order valence-electron chi connectivity index (χ1n) is 9.39. The van der Waals surface area contributed by atoms with Gasteiger partial charge in [-0.25, -0.2) is 4.79 Å². The third-order valence-electron chi connectivity index (χ3n) is 5.15. The van der Waals surface area contributed by atoms with E-state index in [9.17, 15) is 9.59 Å². The summed E-state index contributed by atoms with van der Waals surface area (Å²) in [6.45, 7) is 8.45. The monoisotopic (exact) mass is 359 g/mol. The van der Waals surface area contributed by atoms with Gasteiger partial charge in [0.2, 0.25) is 0 Å². The molecule has 1 saturated heterocycles. The molecule has 26 heavy (non-hydrogen) atoms. The van der Waals surface area contributed by atoms with Crippen molar-refractivity contribution in [3.05, 3.63) is 29.3 Å². The molecular formula is C20H29N3O3. The zero-order valence-electron chi connectivity index (χ0n) is 16.0. The molecule has 0 bridgehead atoms. The second-order valence-electron chi connectivity index (χ2n) is 8.30. The van der Waals surface area contributed by atoms with Gasteiger partial charge in [-0.15, -0.1) is 0 Å². The van der Waals surface area contributed by atoms with Gasteiger partial charge in [0, 0.05) is 43.0 Å². The molecule has 0 aromatic heterocycles. The van der Waals surface area contributed by atoms with Crippen LogP contribution in [-0.2, 0) is 11.3 Å². The van der Waals surface area contributed by atoms with Gasteiger partial charge in [0.1, 0.15) is 5.60 Å². The number of likely N-dealkylation sites (tertiary alicyclic amines) is 1. The van der Waals surface area contributed by atoms with Crippen LogP contribution in [0, 0.1) is 5.92 Å². The number of nitrogens with zero attached hydrogens (tertiary/aromatic N) is 2. The van der Waals surface area contributed by atoms with Gasteiger partial charge in [0.25, 0.3) is 5.91 Å². The van der Waals surface area contributed by atoms with E-state index in [0.29, 0.717) is 18.2 Å². The van der Waals surface area contributed by atoms with Gasteiger partial charge in [-0.2, -0.15) is 0 Å². The van der Waals surface area contributed by atoms with Crippen LogP contribution in [0.2, 0.25) is 0 Å². The van der Waals surface area contributed by atoms with Crippen molar-refractivity contribution in [3.8, 4) is 0 Å². The number of ether oxygens (including phenoxy) is 1. The Bertz CT molecular complexity index is 688. The molecule has 1 aromatic rings. The zero-order valence-corrected chi connectivity index (χ0v) is 16.0. The zero-order chi connectivity index (χ0) is 18.9. The SMILES string of the molecule is CC(C)(C)OC(=O)N1CCC(CCN2Cc3c(N)cccc3C2=O)CC1. The van der Waals surface area contributed by atoms with Gasteiger partial charge in [-0.3, -0.25) is 4.79 Å². The first-order valence-corrected chi connectivity index (χ1v) is 9.39. The Balaban J connectivity index is 1.46. The van der Waals surface area contributed by atoms with E-state index in [1.807, 2.05) is 43.9 Å². The molecule has 2 N–H and O–H groups in total. The van der Waals surface area contributed by atoms with Crippen LogP contribution < -0.4 is 5.73 Å². The van der Waals surface area contributed by atoms with Crippen LogP contribution in [0.15, 0.2) is 18.2 Å². The fourth-order valence-corrected chi connectivity index (χ4v) is 3.66. The largest absolute Gasteiger partial charge is 0.444 e. The van der Waals surface area contributed by atoms with Crippen LogP contribution in [0.25, 0.3) is 0 Å². The molecule has 0 aliphatic carbocycles. The Labute approximate surface area is 155 Å². The number of piperidine rings is 1. The number of nitrogens with two attached hydrogens (primary N) is 1. The van der Waals surface area contributed by atoms with Crippen LogP contribution in [0.4, 0.5) is 10.5 Å². The molecule has 2 aliphatic rings. The quantitative estimate of drug-likeness (QED) is 0.841. The number of carbonyl (C=O) groups excluding carboxylic acids is 2. The fraction of sp³-hybridized carbons (Fsp3) is 0.600. The number of benzene rings is 1. The van der Waals surface area contributed by atoms with Gasteiger partial charge < -0.3 is 20.3 Å². The lowest BCUT2D eigenvalue weighted by Crippen LogP contribution is -2.42. The smallest absolute Gasteiger partial charge is 0.410 e. The molecular weight excluding hydrogens is 330 g/mol. The summed E-state index contributed by atoms with van der Waals surface area (Å²) in [6.07, 6.45) is 2.64. The molecule has 1 aromatic carbocycles. The van der Waals surface area contributed by atoms with Gasteiger partial charge in [0.05, 0.1) is 0 Å². The van der Waals surface area contributed by atoms with Crippen LogP contribution in [0.1, 0.15) is 56.0 Å². The minimum Gasteiger partial charge on any atom is -0.444 e. The van der Waals surface area contributed by atoms with Crippen molar-refractivity contribution < 1.29 is 14.3 Å². The lowest BCUT2D eigenvalue weighted by Gasteiger charge is -2.34. The molecule has 0 unspecified atom stereocenters. The summed E-state index contributed by atoms with van der Waals surface area (Å²) in [4.78, 5) is 28.3. The third-order valence-corrected chi connectivity index (χ3v) is 5.15. The lowest BCUT2D eigenvalue weighted by atomic mass is 9.93. The number of fused-ring (bicyclic) bond motifs is 1. The minimum absolute atomic E-state index is 0.0819. The van der Waals surface area contributed by atoms with Gasteiger partial charge in [0.15, 0.2) is 0 Å². The maximum atomic E-state index is 12.5. The van der Waals surface area contributed by atoms with Crippen LogP contribution in [0.3, 0.4) is 0 Å². The summed E-state index contributed by atoms with van der Waals surface area (Å²) >= 11 is 0. The van der Waals surface area contributed by atoms with E-state index in [4.69, 9.17) is 10.5 Å². The highest BCUT2D eigenvalue weighted by Crippen LogP contribution is 2.29. The van der Waals surface area contributed by atoms with Crippen molar-refractivity contribution >= 4 is 17.7 Å². The van der Waals surface area contributed by atoms with Crippen LogP contribution in [-0.4, -0.2) is 47.0 Å². The standard InChI is InChI=1S/C20H29N3O3/c1-20(2,3)26-19(25)22-10-7-14(8-11-22)9-12-23-13-16-15(18(23)24)5-4-6-17(16)21/h4-6,14H,7-13,21H2,1-3H3. The first-order chi connectivity index (χ1) is 12.2. The van der Waals surface area contributed by atoms with Crippen LogP contribution >= 0.6 is 0 Å². The summed E-state index contributed by atoms with van der Waals surface area (Å²) in [5.41, 5.74) is 7.93. The van der Waals surface area contributed by atoms with Crippen molar-refractivity contribution in [3.63, 3.8) is 0 Å². The second-order valence-corrected chi connectivity index (χ2v) is 8.30. The molecule has 0 radical (unpaired) electrons. The van der Waals surface area contributed by atoms with Crippen molar-refractivity contribution in [2.24, 2.45) is 5.92 Å². The minimum atomic E-state index is -0.457. The Morgan fingerprint density at radius 2 is 1.96 bits per heavy atom. The van der Waals surface area contributed by atoms with E-state index in [-0.39, 0.29) is 12.0 Å². The van der Waals surface area contributed by atoms with E-state index < -0.39 is 5.60 Å². The molecule has 0 atom stereocenters. The average molecular weight is 359 g/mol.